The summed E-state index contributed by atoms with van der Waals surface area (Å²) in [5.41, 5.74) is 1.57. The molecular formula is C17H18ClNO4. The highest BCUT2D eigenvalue weighted by molar-refractivity contribution is 6.30. The van der Waals surface area contributed by atoms with Gasteiger partial charge in [0.05, 0.1) is 14.2 Å². The second-order valence-corrected chi connectivity index (χ2v) is 5.22. The lowest BCUT2D eigenvalue weighted by Gasteiger charge is -2.14. The summed E-state index contributed by atoms with van der Waals surface area (Å²) in [6.45, 7) is 1.70. The van der Waals surface area contributed by atoms with E-state index in [4.69, 9.17) is 25.8 Å². The molecule has 122 valence electrons. The molecule has 2 rings (SSSR count). The Morgan fingerprint density at radius 2 is 1.78 bits per heavy atom. The Morgan fingerprint density at radius 1 is 1.13 bits per heavy atom. The Kier molecular flexibility index (Phi) is 5.71. The van der Waals surface area contributed by atoms with Crippen LogP contribution in [0.3, 0.4) is 0 Å². The normalized spacial score (nSPS) is 10.1. The first-order chi connectivity index (χ1) is 11.0. The van der Waals surface area contributed by atoms with Crippen LogP contribution in [0, 0.1) is 6.92 Å². The van der Waals surface area contributed by atoms with Crippen molar-refractivity contribution in [1.29, 1.82) is 0 Å². The van der Waals surface area contributed by atoms with Gasteiger partial charge in [-0.15, -0.1) is 0 Å². The van der Waals surface area contributed by atoms with Crippen LogP contribution in [0.4, 0.5) is 5.69 Å². The van der Waals surface area contributed by atoms with Gasteiger partial charge in [-0.05, 0) is 42.8 Å². The largest absolute Gasteiger partial charge is 0.493 e. The van der Waals surface area contributed by atoms with Crippen LogP contribution >= 0.6 is 11.6 Å². The van der Waals surface area contributed by atoms with Crippen LogP contribution in [-0.4, -0.2) is 26.7 Å². The molecule has 0 fully saturated rings. The predicted octanol–water partition coefficient (Wildman–Crippen LogP) is 3.68. The zero-order valence-electron chi connectivity index (χ0n) is 13.2. The Morgan fingerprint density at radius 3 is 2.35 bits per heavy atom. The molecule has 0 heterocycles. The third-order valence-corrected chi connectivity index (χ3v) is 3.43. The minimum atomic E-state index is -0.289. The Bertz CT molecular complexity index is 681. The van der Waals surface area contributed by atoms with Crippen LogP contribution in [0.1, 0.15) is 5.56 Å². The van der Waals surface area contributed by atoms with Gasteiger partial charge in [-0.1, -0.05) is 17.7 Å². The number of hydrogen-bond acceptors (Lipinski definition) is 4. The maximum atomic E-state index is 12.1. The zero-order valence-corrected chi connectivity index (χ0v) is 13.9. The third-order valence-electron chi connectivity index (χ3n) is 3.19. The van der Waals surface area contributed by atoms with Gasteiger partial charge >= 0.3 is 0 Å². The van der Waals surface area contributed by atoms with Gasteiger partial charge in [0, 0.05) is 10.7 Å². The van der Waals surface area contributed by atoms with Crippen LogP contribution in [0.15, 0.2) is 36.4 Å². The average Bonchev–Trinajstić information content (AvgIpc) is 2.55. The summed E-state index contributed by atoms with van der Waals surface area (Å²) in [4.78, 5) is 12.1. The molecule has 0 aromatic heterocycles. The van der Waals surface area contributed by atoms with Crippen LogP contribution in [-0.2, 0) is 4.79 Å². The van der Waals surface area contributed by atoms with E-state index in [-0.39, 0.29) is 12.5 Å². The maximum Gasteiger partial charge on any atom is 0.262 e. The number of ether oxygens (including phenoxy) is 3. The Hall–Kier alpha value is -2.40. The second kappa shape index (κ2) is 7.74. The van der Waals surface area contributed by atoms with Gasteiger partial charge in [-0.2, -0.15) is 0 Å². The van der Waals surface area contributed by atoms with Crippen LogP contribution in [0.2, 0.25) is 5.02 Å². The summed E-state index contributed by atoms with van der Waals surface area (Å²) < 4.78 is 16.0. The molecule has 1 amide bonds. The van der Waals surface area contributed by atoms with Crippen LogP contribution in [0.25, 0.3) is 0 Å². The number of anilines is 1. The minimum absolute atomic E-state index is 0.168. The summed E-state index contributed by atoms with van der Waals surface area (Å²) in [5, 5.41) is 3.40. The lowest BCUT2D eigenvalue weighted by molar-refractivity contribution is -0.118. The fourth-order valence-electron chi connectivity index (χ4n) is 2.05. The smallest absolute Gasteiger partial charge is 0.262 e. The highest BCUT2D eigenvalue weighted by Gasteiger charge is 2.13. The van der Waals surface area contributed by atoms with Gasteiger partial charge in [0.2, 0.25) is 5.75 Å². The number of carbonyl (C=O) groups excluding carboxylic acids is 1. The number of benzene rings is 2. The molecule has 6 heteroatoms. The zero-order chi connectivity index (χ0) is 16.8. The van der Waals surface area contributed by atoms with E-state index in [1.807, 2.05) is 6.92 Å². The summed E-state index contributed by atoms with van der Waals surface area (Å²) in [5.74, 6) is 1.10. The maximum absolute atomic E-state index is 12.1. The number of para-hydroxylation sites is 1. The molecule has 0 aliphatic carbocycles. The number of hydrogen-bond donors (Lipinski definition) is 1. The molecule has 2 aromatic carbocycles. The molecule has 23 heavy (non-hydrogen) atoms. The number of aryl methyl sites for hydroxylation is 1. The first kappa shape index (κ1) is 17.0. The second-order valence-electron chi connectivity index (χ2n) is 4.79. The van der Waals surface area contributed by atoms with E-state index in [0.29, 0.717) is 28.0 Å². The van der Waals surface area contributed by atoms with Gasteiger partial charge < -0.3 is 19.5 Å². The molecule has 0 atom stereocenters. The molecule has 5 nitrogen and oxygen atoms in total. The van der Waals surface area contributed by atoms with Gasteiger partial charge in [0.25, 0.3) is 5.91 Å². The topological polar surface area (TPSA) is 56.8 Å². The van der Waals surface area contributed by atoms with E-state index in [1.165, 1.54) is 14.2 Å². The molecule has 0 spiro atoms. The molecule has 0 saturated heterocycles. The van der Waals surface area contributed by atoms with Gasteiger partial charge in [0.15, 0.2) is 18.1 Å². The predicted molar refractivity (Wildman–Crippen MR) is 89.9 cm³/mol. The Balaban J connectivity index is 2.05. The first-order valence-electron chi connectivity index (χ1n) is 6.95. The molecule has 0 aliphatic rings. The first-order valence-corrected chi connectivity index (χ1v) is 7.32. The van der Waals surface area contributed by atoms with E-state index in [1.54, 1.807) is 36.4 Å². The van der Waals surface area contributed by atoms with Gasteiger partial charge in [-0.3, -0.25) is 4.79 Å². The van der Waals surface area contributed by atoms with Gasteiger partial charge in [-0.25, -0.2) is 0 Å². The standard InChI is InChI=1S/C17H18ClNO4/c1-11-9-12(18)7-8-13(11)19-16(20)10-23-17-14(21-2)5-4-6-15(17)22-3/h4-9H,10H2,1-3H3,(H,19,20). The van der Waals surface area contributed by atoms with Crippen molar-refractivity contribution in [3.05, 3.63) is 47.0 Å². The van der Waals surface area contributed by atoms with E-state index < -0.39 is 0 Å². The number of nitrogens with one attached hydrogen (secondary N) is 1. The SMILES string of the molecule is COc1cccc(OC)c1OCC(=O)Nc1ccc(Cl)cc1C. The van der Waals surface area contributed by atoms with Crippen molar-refractivity contribution in [2.45, 2.75) is 6.92 Å². The van der Waals surface area contributed by atoms with Crippen molar-refractivity contribution in [2.24, 2.45) is 0 Å². The molecule has 0 saturated carbocycles. The highest BCUT2D eigenvalue weighted by atomic mass is 35.5. The summed E-state index contributed by atoms with van der Waals surface area (Å²) in [6, 6.07) is 10.5. The van der Waals surface area contributed by atoms with Crippen molar-refractivity contribution in [3.8, 4) is 17.2 Å². The Labute approximate surface area is 140 Å². The van der Waals surface area contributed by atoms with Crippen LogP contribution < -0.4 is 19.5 Å². The molecule has 2 aromatic rings. The molecule has 0 aliphatic heterocycles. The average molecular weight is 336 g/mol. The summed E-state index contributed by atoms with van der Waals surface area (Å²) in [6.07, 6.45) is 0. The van der Waals surface area contributed by atoms with E-state index >= 15 is 0 Å². The molecule has 0 unspecified atom stereocenters. The fraction of sp³-hybridized carbons (Fsp3) is 0.235. The quantitative estimate of drug-likeness (QED) is 0.874. The summed E-state index contributed by atoms with van der Waals surface area (Å²) in [7, 11) is 3.05. The van der Waals surface area contributed by atoms with Crippen molar-refractivity contribution < 1.29 is 19.0 Å². The number of rotatable bonds is 6. The number of halogens is 1. The van der Waals surface area contributed by atoms with Gasteiger partial charge in [0.1, 0.15) is 0 Å². The van der Waals surface area contributed by atoms with Crippen molar-refractivity contribution in [2.75, 3.05) is 26.1 Å². The monoisotopic (exact) mass is 335 g/mol. The number of amides is 1. The van der Waals surface area contributed by atoms with Crippen molar-refractivity contribution in [1.82, 2.24) is 0 Å². The molecule has 0 bridgehead atoms. The minimum Gasteiger partial charge on any atom is -0.493 e. The number of carbonyl (C=O) groups is 1. The van der Waals surface area contributed by atoms with E-state index in [2.05, 4.69) is 5.32 Å². The van der Waals surface area contributed by atoms with Crippen molar-refractivity contribution >= 4 is 23.2 Å². The van der Waals surface area contributed by atoms with E-state index in [0.717, 1.165) is 5.56 Å². The molecule has 1 N–H and O–H groups in total. The van der Waals surface area contributed by atoms with Crippen LogP contribution in [0.5, 0.6) is 17.2 Å². The lowest BCUT2D eigenvalue weighted by atomic mass is 10.2. The van der Waals surface area contributed by atoms with Crippen molar-refractivity contribution in [3.63, 3.8) is 0 Å². The molecular weight excluding hydrogens is 318 g/mol. The third kappa shape index (κ3) is 4.29. The molecule has 0 radical (unpaired) electrons. The number of methoxy groups -OCH3 is 2. The summed E-state index contributed by atoms with van der Waals surface area (Å²) >= 11 is 5.90. The highest BCUT2D eigenvalue weighted by Crippen LogP contribution is 2.36. The lowest BCUT2D eigenvalue weighted by Crippen LogP contribution is -2.21. The van der Waals surface area contributed by atoms with E-state index in [9.17, 15) is 4.79 Å². The fourth-order valence-corrected chi connectivity index (χ4v) is 2.28.